The summed E-state index contributed by atoms with van der Waals surface area (Å²) in [5.41, 5.74) is -0.0477. The van der Waals surface area contributed by atoms with Crippen molar-refractivity contribution in [3.05, 3.63) is 12.2 Å². The van der Waals surface area contributed by atoms with Gasteiger partial charge in [-0.15, -0.1) is 0 Å². The van der Waals surface area contributed by atoms with Crippen molar-refractivity contribution in [2.45, 2.75) is 26.7 Å². The fourth-order valence-electron chi connectivity index (χ4n) is 0.208. The first kappa shape index (κ1) is 2.45. The SMILES string of the molecule is [2H]C([2H])([2H])C(OC(=O)C(=C)C)C([2H])([2H])[2H]. The third-order valence-corrected chi connectivity index (χ3v) is 0.573. The first-order chi connectivity index (χ1) is 6.46. The molecule has 9 heavy (non-hydrogen) atoms. The summed E-state index contributed by atoms with van der Waals surface area (Å²) in [5.74, 6) is -1.02. The first-order valence-corrected chi connectivity index (χ1v) is 2.32. The highest BCUT2D eigenvalue weighted by Gasteiger charge is 2.03. The minimum absolute atomic E-state index is 0.0477. The van der Waals surface area contributed by atoms with Gasteiger partial charge < -0.3 is 4.74 Å². The zero-order chi connectivity index (χ0) is 12.4. The van der Waals surface area contributed by atoms with Crippen molar-refractivity contribution in [2.75, 3.05) is 0 Å². The van der Waals surface area contributed by atoms with Gasteiger partial charge in [0.1, 0.15) is 0 Å². The summed E-state index contributed by atoms with van der Waals surface area (Å²) in [6.07, 6.45) is -2.12. The molecule has 0 spiro atoms. The van der Waals surface area contributed by atoms with Crippen molar-refractivity contribution < 1.29 is 17.8 Å². The van der Waals surface area contributed by atoms with Crippen molar-refractivity contribution in [1.29, 1.82) is 0 Å². The van der Waals surface area contributed by atoms with Gasteiger partial charge in [0.25, 0.3) is 0 Å². The number of carbonyl (C=O) groups excluding carboxylic acids is 1. The van der Waals surface area contributed by atoms with Crippen LogP contribution >= 0.6 is 0 Å². The van der Waals surface area contributed by atoms with Crippen molar-refractivity contribution in [3.63, 3.8) is 0 Å². The van der Waals surface area contributed by atoms with Crippen LogP contribution in [0.15, 0.2) is 12.2 Å². The van der Waals surface area contributed by atoms with Crippen molar-refractivity contribution >= 4 is 5.97 Å². The van der Waals surface area contributed by atoms with Gasteiger partial charge >= 0.3 is 5.97 Å². The zero-order valence-electron chi connectivity index (χ0n) is 11.1. The minimum atomic E-state index is -2.88. The van der Waals surface area contributed by atoms with E-state index in [-0.39, 0.29) is 5.57 Å². The van der Waals surface area contributed by atoms with E-state index in [0.717, 1.165) is 0 Å². The molecule has 2 heteroatoms. The van der Waals surface area contributed by atoms with Gasteiger partial charge in [-0.1, -0.05) is 6.58 Å². The molecule has 0 aromatic heterocycles. The third-order valence-electron chi connectivity index (χ3n) is 0.573. The Morgan fingerprint density at radius 2 is 2.33 bits per heavy atom. The van der Waals surface area contributed by atoms with Crippen LogP contribution in [0.4, 0.5) is 0 Å². The highest BCUT2D eigenvalue weighted by molar-refractivity contribution is 5.87. The molecular weight excluding hydrogens is 116 g/mol. The van der Waals surface area contributed by atoms with Gasteiger partial charge in [-0.2, -0.15) is 0 Å². The van der Waals surface area contributed by atoms with Gasteiger partial charge in [0, 0.05) is 13.8 Å². The van der Waals surface area contributed by atoms with Crippen LogP contribution in [-0.2, 0) is 9.53 Å². The van der Waals surface area contributed by atoms with Gasteiger partial charge in [0.15, 0.2) is 0 Å². The standard InChI is InChI=1S/C7H12O2/c1-5(2)7(8)9-6(3)4/h6H,1H2,2-4H3/i3D3,4D3. The Labute approximate surface area is 63.9 Å². The molecule has 0 heterocycles. The van der Waals surface area contributed by atoms with Crippen LogP contribution in [0.25, 0.3) is 0 Å². The van der Waals surface area contributed by atoms with Gasteiger partial charge in [0.2, 0.25) is 0 Å². The second-order valence-corrected chi connectivity index (χ2v) is 1.57. The average molecular weight is 134 g/mol. The fraction of sp³-hybridized carbons (Fsp3) is 0.571. The summed E-state index contributed by atoms with van der Waals surface area (Å²) < 4.78 is 46.0. The van der Waals surface area contributed by atoms with Gasteiger partial charge in [-0.05, 0) is 20.6 Å². The highest BCUT2D eigenvalue weighted by atomic mass is 16.5. The van der Waals surface area contributed by atoms with Crippen LogP contribution in [0.5, 0.6) is 0 Å². The van der Waals surface area contributed by atoms with Crippen LogP contribution < -0.4 is 0 Å². The summed E-state index contributed by atoms with van der Waals surface area (Å²) in [4.78, 5) is 11.0. The van der Waals surface area contributed by atoms with Crippen molar-refractivity contribution in [2.24, 2.45) is 0 Å². The Kier molecular flexibility index (Phi) is 0.891. The maximum Gasteiger partial charge on any atom is 0.333 e. The molecule has 0 fully saturated rings. The number of hydrogen-bond acceptors (Lipinski definition) is 2. The van der Waals surface area contributed by atoms with E-state index < -0.39 is 25.8 Å². The van der Waals surface area contributed by atoms with Crippen molar-refractivity contribution in [1.82, 2.24) is 0 Å². The molecule has 0 atom stereocenters. The number of esters is 1. The van der Waals surface area contributed by atoms with Gasteiger partial charge in [-0.3, -0.25) is 0 Å². The van der Waals surface area contributed by atoms with E-state index in [9.17, 15) is 4.79 Å². The molecule has 0 aromatic carbocycles. The van der Waals surface area contributed by atoms with Crippen LogP contribution in [0.3, 0.4) is 0 Å². The number of ether oxygens (including phenoxy) is 1. The Morgan fingerprint density at radius 1 is 1.78 bits per heavy atom. The number of hydrogen-bond donors (Lipinski definition) is 0. The fourth-order valence-corrected chi connectivity index (χ4v) is 0.208. The highest BCUT2D eigenvalue weighted by Crippen LogP contribution is 1.95. The lowest BCUT2D eigenvalue weighted by molar-refractivity contribution is -0.142. The summed E-state index contributed by atoms with van der Waals surface area (Å²) in [6, 6.07) is 0. The lowest BCUT2D eigenvalue weighted by Crippen LogP contribution is -2.11. The molecule has 0 radical (unpaired) electrons. The molecule has 0 aliphatic carbocycles. The average Bonchev–Trinajstić information content (AvgIpc) is 1.94. The van der Waals surface area contributed by atoms with Gasteiger partial charge in [-0.25, -0.2) is 4.79 Å². The monoisotopic (exact) mass is 134 g/mol. The van der Waals surface area contributed by atoms with Crippen molar-refractivity contribution in [3.8, 4) is 0 Å². The quantitative estimate of drug-likeness (QED) is 0.422. The second kappa shape index (κ2) is 3.28. The molecule has 0 unspecified atom stereocenters. The summed E-state index contributed by atoms with van der Waals surface area (Å²) >= 11 is 0. The minimum Gasteiger partial charge on any atom is -0.460 e. The van der Waals surface area contributed by atoms with E-state index in [4.69, 9.17) is 8.22 Å². The molecule has 0 aliphatic heterocycles. The Balaban J connectivity index is 4.85. The van der Waals surface area contributed by atoms with Crippen LogP contribution in [0, 0.1) is 0 Å². The lowest BCUT2D eigenvalue weighted by atomic mass is 10.3. The van der Waals surface area contributed by atoms with Gasteiger partial charge in [0.05, 0.1) is 6.10 Å². The lowest BCUT2D eigenvalue weighted by Gasteiger charge is -2.05. The molecular formula is C7H12O2. The topological polar surface area (TPSA) is 26.3 Å². The van der Waals surface area contributed by atoms with E-state index in [1.165, 1.54) is 6.92 Å². The van der Waals surface area contributed by atoms with E-state index in [1.54, 1.807) is 0 Å². The Hall–Kier alpha value is -0.790. The molecule has 0 N–H and O–H groups in total. The first-order valence-electron chi connectivity index (χ1n) is 5.32. The van der Waals surface area contributed by atoms with E-state index in [1.807, 2.05) is 0 Å². The Morgan fingerprint density at radius 3 is 2.67 bits per heavy atom. The largest absolute Gasteiger partial charge is 0.460 e. The molecule has 0 saturated carbocycles. The van der Waals surface area contributed by atoms with Crippen LogP contribution in [0.1, 0.15) is 28.9 Å². The number of carbonyl (C=O) groups is 1. The van der Waals surface area contributed by atoms with Crippen LogP contribution in [0.2, 0.25) is 0 Å². The summed E-state index contributed by atoms with van der Waals surface area (Å²) in [6.45, 7) is -1.22. The predicted molar refractivity (Wildman–Crippen MR) is 36.0 cm³/mol. The molecule has 0 amide bonds. The predicted octanol–water partition coefficient (Wildman–Crippen LogP) is 1.51. The molecule has 0 aromatic rings. The molecule has 0 bridgehead atoms. The van der Waals surface area contributed by atoms with Crippen LogP contribution in [-0.4, -0.2) is 12.1 Å². The summed E-state index contributed by atoms with van der Waals surface area (Å²) in [7, 11) is 0. The molecule has 0 rings (SSSR count). The smallest absolute Gasteiger partial charge is 0.333 e. The molecule has 2 nitrogen and oxygen atoms in total. The van der Waals surface area contributed by atoms with E-state index in [2.05, 4.69) is 11.3 Å². The van der Waals surface area contributed by atoms with E-state index >= 15 is 0 Å². The molecule has 0 aliphatic rings. The normalized spacial score (nSPS) is 22.0. The maximum atomic E-state index is 11.0. The summed E-state index contributed by atoms with van der Waals surface area (Å²) in [5, 5.41) is 0. The third kappa shape index (κ3) is 3.76. The Bertz CT molecular complexity index is 250. The molecule has 0 saturated heterocycles. The maximum absolute atomic E-state index is 11.0. The van der Waals surface area contributed by atoms with E-state index in [0.29, 0.717) is 0 Å². The number of rotatable bonds is 2. The second-order valence-electron chi connectivity index (χ2n) is 1.57. The molecule has 52 valence electrons. The zero-order valence-corrected chi connectivity index (χ0v) is 5.10.